The summed E-state index contributed by atoms with van der Waals surface area (Å²) in [5.41, 5.74) is 2.60. The van der Waals surface area contributed by atoms with E-state index >= 15 is 0 Å². The number of hydrogen-bond acceptors (Lipinski definition) is 5. The van der Waals surface area contributed by atoms with Crippen molar-refractivity contribution in [3.05, 3.63) is 70.4 Å². The van der Waals surface area contributed by atoms with Crippen LogP contribution in [-0.2, 0) is 0 Å². The van der Waals surface area contributed by atoms with Crippen LogP contribution in [0.25, 0.3) is 10.9 Å². The van der Waals surface area contributed by atoms with E-state index in [2.05, 4.69) is 34.3 Å². The lowest BCUT2D eigenvalue weighted by molar-refractivity contribution is -0.384. The van der Waals surface area contributed by atoms with Gasteiger partial charge in [-0.3, -0.25) is 10.1 Å². The quantitative estimate of drug-likeness (QED) is 0.470. The molecule has 0 saturated carbocycles. The molecule has 1 aliphatic rings. The molecule has 1 saturated heterocycles. The number of rotatable bonds is 7. The predicted octanol–water partition coefficient (Wildman–Crippen LogP) is 3.70. The molecule has 7 nitrogen and oxygen atoms in total. The Morgan fingerprint density at radius 3 is 2.62 bits per heavy atom. The average Bonchev–Trinajstić information content (AvgIpc) is 3.17. The summed E-state index contributed by atoms with van der Waals surface area (Å²) in [5, 5.41) is 22.3. The van der Waals surface area contributed by atoms with E-state index in [9.17, 15) is 15.2 Å². The molecule has 3 aromatic rings. The summed E-state index contributed by atoms with van der Waals surface area (Å²) in [6, 6.07) is 14.3. The Hall–Kier alpha value is -2.90. The van der Waals surface area contributed by atoms with E-state index in [1.165, 1.54) is 28.6 Å². The number of nitrogens with zero attached hydrogens (tertiary/aromatic N) is 2. The largest absolute Gasteiger partial charge is 0.491 e. The Morgan fingerprint density at radius 2 is 1.90 bits per heavy atom. The Kier molecular flexibility index (Phi) is 5.78. The minimum atomic E-state index is -0.602. The van der Waals surface area contributed by atoms with Gasteiger partial charge in [0.2, 0.25) is 0 Å². The zero-order valence-electron chi connectivity index (χ0n) is 16.2. The van der Waals surface area contributed by atoms with Crippen molar-refractivity contribution in [3.8, 4) is 5.75 Å². The lowest BCUT2D eigenvalue weighted by Gasteiger charge is -2.33. The lowest BCUT2D eigenvalue weighted by atomic mass is 9.89. The van der Waals surface area contributed by atoms with Crippen molar-refractivity contribution in [3.63, 3.8) is 0 Å². The molecule has 0 spiro atoms. The van der Waals surface area contributed by atoms with Crippen LogP contribution in [0, 0.1) is 10.1 Å². The van der Waals surface area contributed by atoms with Gasteiger partial charge in [0.1, 0.15) is 18.5 Å². The van der Waals surface area contributed by atoms with Crippen molar-refractivity contribution in [2.45, 2.75) is 24.9 Å². The highest BCUT2D eigenvalue weighted by Crippen LogP contribution is 2.33. The van der Waals surface area contributed by atoms with Gasteiger partial charge in [-0.25, -0.2) is 0 Å². The number of nitro benzene ring substituents is 1. The Bertz CT molecular complexity index is 962. The number of hydrogen-bond donors (Lipinski definition) is 2. The first-order valence-corrected chi connectivity index (χ1v) is 9.94. The van der Waals surface area contributed by atoms with Gasteiger partial charge in [-0.15, -0.1) is 0 Å². The number of nitrogens with one attached hydrogen (secondary N) is 1. The highest BCUT2D eigenvalue weighted by molar-refractivity contribution is 5.83. The summed E-state index contributed by atoms with van der Waals surface area (Å²) in [6.45, 7) is 2.62. The molecular weight excluding hydrogens is 370 g/mol. The van der Waals surface area contributed by atoms with E-state index in [0.29, 0.717) is 18.2 Å². The van der Waals surface area contributed by atoms with E-state index in [4.69, 9.17) is 4.74 Å². The van der Waals surface area contributed by atoms with Crippen LogP contribution in [-0.4, -0.2) is 52.3 Å². The number of fused-ring (bicyclic) bond motifs is 1. The van der Waals surface area contributed by atoms with Crippen molar-refractivity contribution in [1.82, 2.24) is 9.88 Å². The summed E-state index contributed by atoms with van der Waals surface area (Å²) in [5.74, 6) is 1.06. The van der Waals surface area contributed by atoms with E-state index in [1.54, 1.807) is 12.1 Å². The maximum Gasteiger partial charge on any atom is 0.269 e. The molecule has 2 N–H and O–H groups in total. The first-order chi connectivity index (χ1) is 14.1. The molecule has 29 heavy (non-hydrogen) atoms. The maximum absolute atomic E-state index is 10.7. The Morgan fingerprint density at radius 1 is 1.17 bits per heavy atom. The van der Waals surface area contributed by atoms with Crippen LogP contribution in [0.1, 0.15) is 24.3 Å². The Labute approximate surface area is 169 Å². The molecule has 1 aromatic heterocycles. The number of aliphatic hydroxyl groups is 1. The number of aromatic amines is 1. The fourth-order valence-corrected chi connectivity index (χ4v) is 4.07. The van der Waals surface area contributed by atoms with Gasteiger partial charge < -0.3 is 19.7 Å². The number of H-pyrrole nitrogens is 1. The van der Waals surface area contributed by atoms with E-state index in [1.807, 2.05) is 6.07 Å². The molecule has 152 valence electrons. The molecule has 2 aromatic carbocycles. The van der Waals surface area contributed by atoms with Crippen LogP contribution < -0.4 is 4.74 Å². The molecule has 1 aliphatic heterocycles. The van der Waals surface area contributed by atoms with Gasteiger partial charge in [0.15, 0.2) is 0 Å². The smallest absolute Gasteiger partial charge is 0.269 e. The Balaban J connectivity index is 1.24. The van der Waals surface area contributed by atoms with E-state index in [0.717, 1.165) is 25.9 Å². The highest BCUT2D eigenvalue weighted by Gasteiger charge is 2.24. The number of likely N-dealkylation sites (tertiary alicyclic amines) is 1. The highest BCUT2D eigenvalue weighted by atomic mass is 16.6. The molecule has 0 radical (unpaired) electrons. The monoisotopic (exact) mass is 395 g/mol. The number of aliphatic hydroxyl groups excluding tert-OH is 1. The molecule has 0 amide bonds. The summed E-state index contributed by atoms with van der Waals surface area (Å²) >= 11 is 0. The number of β-amino-alcohol motifs (C(OH)–C–C–N with tert-alkyl or cyclic N) is 1. The third-order valence-electron chi connectivity index (χ3n) is 5.61. The van der Waals surface area contributed by atoms with Crippen LogP contribution in [0.15, 0.2) is 54.7 Å². The standard InChI is InChI=1S/C22H25N3O4/c26-18(15-29-19-7-5-17(6-8-19)25(27)28)14-24-11-9-16(10-12-24)21-13-23-22-4-2-1-3-20(21)22/h1-8,13,16,18,23,26H,9-12,14-15H2. The molecule has 7 heteroatoms. The first kappa shape index (κ1) is 19.4. The van der Waals surface area contributed by atoms with Crippen molar-refractivity contribution < 1.29 is 14.8 Å². The van der Waals surface area contributed by atoms with Crippen molar-refractivity contribution in [2.24, 2.45) is 0 Å². The summed E-state index contributed by atoms with van der Waals surface area (Å²) < 4.78 is 5.57. The van der Waals surface area contributed by atoms with Gasteiger partial charge in [0.05, 0.1) is 4.92 Å². The number of piperidine rings is 1. The zero-order valence-corrected chi connectivity index (χ0v) is 16.2. The molecule has 1 fully saturated rings. The predicted molar refractivity (Wildman–Crippen MR) is 111 cm³/mol. The van der Waals surface area contributed by atoms with Crippen LogP contribution in [0.5, 0.6) is 5.75 Å². The zero-order chi connectivity index (χ0) is 20.2. The molecule has 0 aliphatic carbocycles. The molecule has 1 unspecified atom stereocenters. The number of aromatic nitrogens is 1. The lowest BCUT2D eigenvalue weighted by Crippen LogP contribution is -2.40. The number of para-hydroxylation sites is 1. The average molecular weight is 395 g/mol. The second kappa shape index (κ2) is 8.63. The van der Waals surface area contributed by atoms with Gasteiger partial charge in [0.25, 0.3) is 5.69 Å². The molecule has 0 bridgehead atoms. The van der Waals surface area contributed by atoms with Crippen molar-refractivity contribution in [1.29, 1.82) is 0 Å². The van der Waals surface area contributed by atoms with Crippen molar-refractivity contribution in [2.75, 3.05) is 26.2 Å². The maximum atomic E-state index is 10.7. The first-order valence-electron chi connectivity index (χ1n) is 9.94. The van der Waals surface area contributed by atoms with E-state index in [-0.39, 0.29) is 12.3 Å². The summed E-state index contributed by atoms with van der Waals surface area (Å²) in [4.78, 5) is 15.9. The third kappa shape index (κ3) is 4.58. The third-order valence-corrected chi connectivity index (χ3v) is 5.61. The van der Waals surface area contributed by atoms with Crippen molar-refractivity contribution >= 4 is 16.6 Å². The second-order valence-corrected chi connectivity index (χ2v) is 7.58. The van der Waals surface area contributed by atoms with Crippen LogP contribution in [0.3, 0.4) is 0 Å². The molecular formula is C22H25N3O4. The topological polar surface area (TPSA) is 91.6 Å². The fourth-order valence-electron chi connectivity index (χ4n) is 4.07. The number of nitro groups is 1. The summed E-state index contributed by atoms with van der Waals surface area (Å²) in [7, 11) is 0. The molecule has 2 heterocycles. The minimum absolute atomic E-state index is 0.0240. The SMILES string of the molecule is O=[N+]([O-])c1ccc(OCC(O)CN2CCC(c3c[nH]c4ccccc34)CC2)cc1. The fraction of sp³-hybridized carbons (Fsp3) is 0.364. The van der Waals surface area contributed by atoms with Gasteiger partial charge in [0, 0.05) is 35.8 Å². The second-order valence-electron chi connectivity index (χ2n) is 7.58. The number of ether oxygens (including phenoxy) is 1. The number of non-ortho nitro benzene ring substituents is 1. The minimum Gasteiger partial charge on any atom is -0.491 e. The van der Waals surface area contributed by atoms with Crippen LogP contribution >= 0.6 is 0 Å². The summed E-state index contributed by atoms with van der Waals surface area (Å²) in [6.07, 6.45) is 3.67. The number of benzene rings is 2. The van der Waals surface area contributed by atoms with Gasteiger partial charge >= 0.3 is 0 Å². The van der Waals surface area contributed by atoms with Crippen LogP contribution in [0.2, 0.25) is 0 Å². The van der Waals surface area contributed by atoms with Crippen LogP contribution in [0.4, 0.5) is 5.69 Å². The van der Waals surface area contributed by atoms with Gasteiger partial charge in [-0.1, -0.05) is 18.2 Å². The van der Waals surface area contributed by atoms with Gasteiger partial charge in [-0.05, 0) is 55.6 Å². The van der Waals surface area contributed by atoms with E-state index < -0.39 is 11.0 Å². The normalized spacial score (nSPS) is 16.7. The molecule has 4 rings (SSSR count). The van der Waals surface area contributed by atoms with Gasteiger partial charge in [-0.2, -0.15) is 0 Å². The molecule has 1 atom stereocenters.